The van der Waals surface area contributed by atoms with Gasteiger partial charge >= 0.3 is 24.1 Å². The number of benzene rings is 1. The van der Waals surface area contributed by atoms with E-state index in [1.165, 1.54) is 0 Å². The number of carbonyl (C=O) groups excluding carboxylic acids is 1. The molecule has 4 nitrogen and oxygen atoms in total. The van der Waals surface area contributed by atoms with Crippen LogP contribution in [0.25, 0.3) is 0 Å². The SMILES string of the molecule is CCOC(NC(=O)Nc1ccc(F)cc1)(C(F)(F)F)C(F)(F)F. The average Bonchev–Trinajstić information content (AvgIpc) is 2.38. The highest BCUT2D eigenvalue weighted by atomic mass is 19.4. The van der Waals surface area contributed by atoms with E-state index in [0.717, 1.165) is 36.5 Å². The van der Waals surface area contributed by atoms with Crippen LogP contribution in [-0.4, -0.2) is 30.7 Å². The van der Waals surface area contributed by atoms with Crippen LogP contribution in [0.3, 0.4) is 0 Å². The van der Waals surface area contributed by atoms with E-state index in [4.69, 9.17) is 0 Å². The van der Waals surface area contributed by atoms with Gasteiger partial charge < -0.3 is 10.1 Å². The van der Waals surface area contributed by atoms with Crippen LogP contribution in [0.4, 0.5) is 41.2 Å². The van der Waals surface area contributed by atoms with E-state index in [-0.39, 0.29) is 5.69 Å². The van der Waals surface area contributed by atoms with Gasteiger partial charge in [0.05, 0.1) is 0 Å². The summed E-state index contributed by atoms with van der Waals surface area (Å²) in [5, 5.41) is 2.49. The van der Waals surface area contributed by atoms with Gasteiger partial charge in [0.1, 0.15) is 5.82 Å². The van der Waals surface area contributed by atoms with Gasteiger partial charge in [-0.2, -0.15) is 26.3 Å². The summed E-state index contributed by atoms with van der Waals surface area (Å²) in [5.74, 6) is -0.704. The lowest BCUT2D eigenvalue weighted by molar-refractivity contribution is -0.387. The molecule has 2 N–H and O–H groups in total. The van der Waals surface area contributed by atoms with E-state index in [2.05, 4.69) is 4.74 Å². The maximum absolute atomic E-state index is 12.9. The molecular weight excluding hydrogens is 337 g/mol. The monoisotopic (exact) mass is 348 g/mol. The standard InChI is InChI=1S/C12H11F7N2O2/c1-2-23-10(11(14,15)16,12(17,18)19)21-9(22)20-8-5-3-7(13)4-6-8/h3-6H,2H2,1H3,(H2,20,21,22). The van der Waals surface area contributed by atoms with Crippen LogP contribution in [0, 0.1) is 5.82 Å². The van der Waals surface area contributed by atoms with Gasteiger partial charge in [-0.25, -0.2) is 9.18 Å². The molecular formula is C12H11F7N2O2. The number of hydrogen-bond acceptors (Lipinski definition) is 2. The molecule has 1 rings (SSSR count). The first-order chi connectivity index (χ1) is 10.4. The Morgan fingerprint density at radius 1 is 1.04 bits per heavy atom. The normalized spacial score (nSPS) is 12.9. The summed E-state index contributed by atoms with van der Waals surface area (Å²) < 4.78 is 93.7. The van der Waals surface area contributed by atoms with Gasteiger partial charge in [-0.1, -0.05) is 0 Å². The van der Waals surface area contributed by atoms with Crippen LogP contribution < -0.4 is 10.6 Å². The second kappa shape index (κ2) is 6.60. The van der Waals surface area contributed by atoms with Gasteiger partial charge in [0.15, 0.2) is 0 Å². The van der Waals surface area contributed by atoms with Crippen molar-refractivity contribution in [3.8, 4) is 0 Å². The van der Waals surface area contributed by atoms with Crippen LogP contribution in [0.2, 0.25) is 0 Å². The van der Waals surface area contributed by atoms with Crippen LogP contribution in [0.1, 0.15) is 6.92 Å². The van der Waals surface area contributed by atoms with Gasteiger partial charge in [-0.3, -0.25) is 5.32 Å². The van der Waals surface area contributed by atoms with Crippen molar-refractivity contribution in [3.63, 3.8) is 0 Å². The number of carbonyl (C=O) groups is 1. The van der Waals surface area contributed by atoms with Crippen molar-refractivity contribution in [1.29, 1.82) is 0 Å². The Morgan fingerprint density at radius 3 is 1.91 bits per heavy atom. The average molecular weight is 348 g/mol. The van der Waals surface area contributed by atoms with E-state index < -0.39 is 36.5 Å². The molecule has 0 saturated carbocycles. The lowest BCUT2D eigenvalue weighted by Gasteiger charge is -2.36. The number of rotatable bonds is 4. The summed E-state index contributed by atoms with van der Waals surface area (Å²) in [6.07, 6.45) is -11.9. The minimum Gasteiger partial charge on any atom is -0.341 e. The second-order valence-electron chi connectivity index (χ2n) is 4.20. The van der Waals surface area contributed by atoms with Gasteiger partial charge in [0.25, 0.3) is 0 Å². The number of ether oxygens (including phenoxy) is 1. The van der Waals surface area contributed by atoms with Crippen LogP contribution in [0.5, 0.6) is 0 Å². The highest BCUT2D eigenvalue weighted by Crippen LogP contribution is 2.44. The molecule has 0 heterocycles. The highest BCUT2D eigenvalue weighted by Gasteiger charge is 2.73. The molecule has 0 radical (unpaired) electrons. The fraction of sp³-hybridized carbons (Fsp3) is 0.417. The summed E-state index contributed by atoms with van der Waals surface area (Å²) in [4.78, 5) is 11.5. The molecule has 0 unspecified atom stereocenters. The fourth-order valence-corrected chi connectivity index (χ4v) is 1.57. The minimum absolute atomic E-state index is 0.210. The van der Waals surface area contributed by atoms with Gasteiger partial charge in [-0.15, -0.1) is 0 Å². The van der Waals surface area contributed by atoms with Crippen molar-refractivity contribution in [2.24, 2.45) is 0 Å². The maximum Gasteiger partial charge on any atom is 0.446 e. The minimum atomic E-state index is -5.96. The van der Waals surface area contributed by atoms with E-state index in [1.54, 1.807) is 5.32 Å². The van der Waals surface area contributed by atoms with Crippen molar-refractivity contribution in [2.45, 2.75) is 25.0 Å². The first-order valence-corrected chi connectivity index (χ1v) is 6.05. The first-order valence-electron chi connectivity index (χ1n) is 6.05. The third-order valence-corrected chi connectivity index (χ3v) is 2.55. The van der Waals surface area contributed by atoms with Crippen molar-refractivity contribution >= 4 is 11.7 Å². The summed E-state index contributed by atoms with van der Waals surface area (Å²) in [6, 6.07) is 1.81. The number of nitrogens with one attached hydrogen (secondary N) is 2. The predicted octanol–water partition coefficient (Wildman–Crippen LogP) is 3.80. The Bertz CT molecular complexity index is 526. The van der Waals surface area contributed by atoms with Crippen molar-refractivity contribution < 1.29 is 40.3 Å². The topological polar surface area (TPSA) is 50.4 Å². The number of alkyl halides is 6. The number of halogens is 7. The first kappa shape index (κ1) is 19.0. The van der Waals surface area contributed by atoms with Crippen molar-refractivity contribution in [1.82, 2.24) is 5.32 Å². The molecule has 1 aromatic rings. The van der Waals surface area contributed by atoms with E-state index in [1.807, 2.05) is 0 Å². The number of hydrogen-bond donors (Lipinski definition) is 2. The molecule has 130 valence electrons. The quantitative estimate of drug-likeness (QED) is 0.642. The Morgan fingerprint density at radius 2 is 1.52 bits per heavy atom. The molecule has 0 aromatic heterocycles. The molecule has 0 bridgehead atoms. The molecule has 23 heavy (non-hydrogen) atoms. The van der Waals surface area contributed by atoms with Gasteiger partial charge in [-0.05, 0) is 31.2 Å². The Balaban J connectivity index is 3.05. The molecule has 0 aliphatic carbocycles. The maximum atomic E-state index is 12.9. The van der Waals surface area contributed by atoms with Crippen molar-refractivity contribution in [3.05, 3.63) is 30.1 Å². The molecule has 0 aliphatic rings. The summed E-state index contributed by atoms with van der Waals surface area (Å²) in [6.45, 7) is -0.0539. The third kappa shape index (κ3) is 4.24. The summed E-state index contributed by atoms with van der Waals surface area (Å²) in [7, 11) is 0. The Labute approximate surface area is 125 Å². The molecule has 0 saturated heterocycles. The summed E-state index contributed by atoms with van der Waals surface area (Å²) in [5.41, 5.74) is -5.07. The van der Waals surface area contributed by atoms with E-state index >= 15 is 0 Å². The van der Waals surface area contributed by atoms with E-state index in [0.29, 0.717) is 0 Å². The predicted molar refractivity (Wildman–Crippen MR) is 65.0 cm³/mol. The molecule has 2 amide bonds. The fourth-order valence-electron chi connectivity index (χ4n) is 1.57. The van der Waals surface area contributed by atoms with Gasteiger partial charge in [0, 0.05) is 12.3 Å². The summed E-state index contributed by atoms with van der Waals surface area (Å²) >= 11 is 0. The van der Waals surface area contributed by atoms with Crippen molar-refractivity contribution in [2.75, 3.05) is 11.9 Å². The Hall–Kier alpha value is -2.04. The molecule has 0 atom stereocenters. The zero-order chi connectivity index (χ0) is 17.9. The molecule has 0 spiro atoms. The zero-order valence-electron chi connectivity index (χ0n) is 11.5. The van der Waals surface area contributed by atoms with Crippen LogP contribution in [-0.2, 0) is 4.74 Å². The number of amides is 2. The van der Waals surface area contributed by atoms with Crippen LogP contribution in [0.15, 0.2) is 24.3 Å². The molecule has 1 aromatic carbocycles. The second-order valence-corrected chi connectivity index (χ2v) is 4.20. The number of anilines is 1. The Kier molecular flexibility index (Phi) is 5.46. The lowest BCUT2D eigenvalue weighted by Crippen LogP contribution is -2.69. The number of urea groups is 1. The molecule has 0 aliphatic heterocycles. The lowest BCUT2D eigenvalue weighted by atomic mass is 10.2. The smallest absolute Gasteiger partial charge is 0.341 e. The molecule has 0 fully saturated rings. The van der Waals surface area contributed by atoms with Gasteiger partial charge in [0.2, 0.25) is 0 Å². The molecule has 11 heteroatoms. The third-order valence-electron chi connectivity index (χ3n) is 2.55. The van der Waals surface area contributed by atoms with E-state index in [9.17, 15) is 35.5 Å². The largest absolute Gasteiger partial charge is 0.446 e. The zero-order valence-corrected chi connectivity index (χ0v) is 11.5. The van der Waals surface area contributed by atoms with Crippen LogP contribution >= 0.6 is 0 Å². The highest BCUT2D eigenvalue weighted by molar-refractivity contribution is 5.89.